The van der Waals surface area contributed by atoms with Crippen LogP contribution in [0.2, 0.25) is 0 Å². The molecule has 0 saturated heterocycles. The number of aromatic nitrogens is 2. The van der Waals surface area contributed by atoms with Gasteiger partial charge in [-0.1, -0.05) is 0 Å². The van der Waals surface area contributed by atoms with E-state index in [1.54, 1.807) is 20.9 Å². The smallest absolute Gasteiger partial charge is 0.270 e. The van der Waals surface area contributed by atoms with Crippen LogP contribution in [0.3, 0.4) is 0 Å². The molecule has 1 aromatic heterocycles. The summed E-state index contributed by atoms with van der Waals surface area (Å²) in [7, 11) is 1.57. The second kappa shape index (κ2) is 5.14. The summed E-state index contributed by atoms with van der Waals surface area (Å²) in [6.07, 6.45) is -2.00. The van der Waals surface area contributed by atoms with Crippen LogP contribution in [0.25, 0.3) is 0 Å². The average Bonchev–Trinajstić information content (AvgIpc) is 2.69. The number of nitrogens with one attached hydrogen (secondary N) is 1. The van der Waals surface area contributed by atoms with E-state index >= 15 is 0 Å². The molecule has 0 aliphatic heterocycles. The number of rotatable bonds is 2. The zero-order valence-electron chi connectivity index (χ0n) is 13.1. The zero-order valence-corrected chi connectivity index (χ0v) is 13.1. The molecule has 0 radical (unpaired) electrons. The summed E-state index contributed by atoms with van der Waals surface area (Å²) in [4.78, 5) is 12.2. The van der Waals surface area contributed by atoms with Crippen LogP contribution in [-0.4, -0.2) is 42.4 Å². The fourth-order valence-corrected chi connectivity index (χ4v) is 3.68. The van der Waals surface area contributed by atoms with Crippen molar-refractivity contribution in [3.63, 3.8) is 0 Å². The summed E-state index contributed by atoms with van der Waals surface area (Å²) in [5.74, 6) is -1.68. The molecule has 124 valence electrons. The van der Waals surface area contributed by atoms with E-state index in [-0.39, 0.29) is 17.1 Å². The van der Waals surface area contributed by atoms with E-state index in [1.807, 2.05) is 0 Å². The van der Waals surface area contributed by atoms with Crippen LogP contribution in [0.4, 0.5) is 0 Å². The van der Waals surface area contributed by atoms with Gasteiger partial charge in [-0.25, -0.2) is 0 Å². The molecule has 3 rings (SSSR count). The first-order chi connectivity index (χ1) is 10.7. The SMILES string of the molecule is Cc1cc(O)cc(O)c1C1C(O)C(c2c(C)[nH]n(C)c2=O)C1O. The summed E-state index contributed by atoms with van der Waals surface area (Å²) in [6, 6.07) is 2.64. The molecule has 23 heavy (non-hydrogen) atoms. The van der Waals surface area contributed by atoms with Crippen LogP contribution in [-0.2, 0) is 7.05 Å². The Morgan fingerprint density at radius 3 is 2.09 bits per heavy atom. The number of aromatic amines is 1. The molecule has 1 heterocycles. The fraction of sp³-hybridized carbons (Fsp3) is 0.438. The highest BCUT2D eigenvalue weighted by Gasteiger charge is 2.53. The third kappa shape index (κ3) is 2.15. The first kappa shape index (κ1) is 15.6. The summed E-state index contributed by atoms with van der Waals surface area (Å²) in [5.41, 5.74) is 1.65. The number of phenolic OH excluding ortho intramolecular Hbond substituents is 2. The molecule has 0 bridgehead atoms. The number of aryl methyl sites for hydroxylation is 3. The maximum atomic E-state index is 12.2. The van der Waals surface area contributed by atoms with Crippen molar-refractivity contribution in [3.05, 3.63) is 44.9 Å². The maximum Gasteiger partial charge on any atom is 0.270 e. The molecule has 1 aliphatic carbocycles. The van der Waals surface area contributed by atoms with Gasteiger partial charge in [-0.15, -0.1) is 0 Å². The van der Waals surface area contributed by atoms with Gasteiger partial charge in [0.25, 0.3) is 5.56 Å². The van der Waals surface area contributed by atoms with Crippen LogP contribution >= 0.6 is 0 Å². The van der Waals surface area contributed by atoms with E-state index in [1.165, 1.54) is 16.8 Å². The number of aromatic hydroxyl groups is 2. The largest absolute Gasteiger partial charge is 0.508 e. The van der Waals surface area contributed by atoms with Gasteiger partial charge in [0.05, 0.1) is 12.2 Å². The standard InChI is InChI=1S/C16H20N2O5/c1-6-4-8(19)5-9(20)10(6)12-14(21)13(15(12)22)11-7(2)17-18(3)16(11)23/h4-5,12-15,17,19-22H,1-3H3. The second-order valence-electron chi connectivity index (χ2n) is 6.24. The topological polar surface area (TPSA) is 119 Å². The number of nitrogens with zero attached hydrogens (tertiary/aromatic N) is 1. The Balaban J connectivity index is 2.01. The number of phenols is 2. The lowest BCUT2D eigenvalue weighted by molar-refractivity contribution is -0.0799. The summed E-state index contributed by atoms with van der Waals surface area (Å²) >= 11 is 0. The Kier molecular flexibility index (Phi) is 3.50. The third-order valence-corrected chi connectivity index (χ3v) is 4.76. The predicted octanol–water partition coefficient (Wildman–Crippen LogP) is 0.344. The van der Waals surface area contributed by atoms with Crippen molar-refractivity contribution in [2.75, 3.05) is 0 Å². The van der Waals surface area contributed by atoms with Crippen molar-refractivity contribution in [1.82, 2.24) is 9.78 Å². The molecule has 1 aliphatic rings. The minimum atomic E-state index is -0.999. The molecular weight excluding hydrogens is 300 g/mol. The maximum absolute atomic E-state index is 12.2. The van der Waals surface area contributed by atoms with Gasteiger partial charge in [0, 0.05) is 41.8 Å². The lowest BCUT2D eigenvalue weighted by atomic mass is 9.62. The molecule has 1 saturated carbocycles. The Labute approximate surface area is 132 Å². The highest BCUT2D eigenvalue weighted by molar-refractivity contribution is 5.50. The van der Waals surface area contributed by atoms with E-state index in [0.29, 0.717) is 22.4 Å². The Hall–Kier alpha value is -2.25. The Morgan fingerprint density at radius 2 is 1.61 bits per heavy atom. The van der Waals surface area contributed by atoms with Crippen LogP contribution in [0.1, 0.15) is 34.2 Å². The first-order valence-corrected chi connectivity index (χ1v) is 7.38. The van der Waals surface area contributed by atoms with Crippen molar-refractivity contribution in [2.24, 2.45) is 7.05 Å². The first-order valence-electron chi connectivity index (χ1n) is 7.38. The molecule has 1 aromatic carbocycles. The normalized spacial score (nSPS) is 27.0. The van der Waals surface area contributed by atoms with Crippen LogP contribution < -0.4 is 5.56 Å². The molecule has 2 atom stereocenters. The molecule has 2 aromatic rings. The van der Waals surface area contributed by atoms with E-state index in [4.69, 9.17) is 0 Å². The summed E-state index contributed by atoms with van der Waals surface area (Å²) < 4.78 is 1.31. The molecule has 0 amide bonds. The fourth-order valence-electron chi connectivity index (χ4n) is 3.68. The van der Waals surface area contributed by atoms with Crippen molar-refractivity contribution in [2.45, 2.75) is 37.9 Å². The van der Waals surface area contributed by atoms with E-state index in [2.05, 4.69) is 5.10 Å². The Morgan fingerprint density at radius 1 is 1.04 bits per heavy atom. The van der Waals surface area contributed by atoms with Crippen molar-refractivity contribution >= 4 is 0 Å². The van der Waals surface area contributed by atoms with Gasteiger partial charge in [0.15, 0.2) is 0 Å². The zero-order chi connectivity index (χ0) is 17.0. The molecule has 2 unspecified atom stereocenters. The molecular formula is C16H20N2O5. The highest BCUT2D eigenvalue weighted by Crippen LogP contribution is 2.51. The van der Waals surface area contributed by atoms with Gasteiger partial charge < -0.3 is 20.4 Å². The summed E-state index contributed by atoms with van der Waals surface area (Å²) in [5, 5.41) is 43.5. The van der Waals surface area contributed by atoms with E-state index in [9.17, 15) is 25.2 Å². The van der Waals surface area contributed by atoms with Crippen LogP contribution in [0.5, 0.6) is 11.5 Å². The van der Waals surface area contributed by atoms with Crippen molar-refractivity contribution in [3.8, 4) is 11.5 Å². The molecule has 5 N–H and O–H groups in total. The van der Waals surface area contributed by atoms with Crippen LogP contribution in [0.15, 0.2) is 16.9 Å². The second-order valence-corrected chi connectivity index (χ2v) is 6.24. The number of benzene rings is 1. The van der Waals surface area contributed by atoms with Gasteiger partial charge in [0.2, 0.25) is 0 Å². The molecule has 0 spiro atoms. The molecule has 1 fully saturated rings. The van der Waals surface area contributed by atoms with Gasteiger partial charge in [-0.3, -0.25) is 14.6 Å². The molecule has 7 heteroatoms. The highest BCUT2D eigenvalue weighted by atomic mass is 16.3. The van der Waals surface area contributed by atoms with Gasteiger partial charge in [-0.05, 0) is 25.5 Å². The quantitative estimate of drug-likeness (QED) is 0.547. The average molecular weight is 320 g/mol. The molecule has 7 nitrogen and oxygen atoms in total. The number of hydrogen-bond acceptors (Lipinski definition) is 5. The van der Waals surface area contributed by atoms with E-state index in [0.717, 1.165) is 0 Å². The van der Waals surface area contributed by atoms with Crippen LogP contribution in [0, 0.1) is 13.8 Å². The number of hydrogen-bond donors (Lipinski definition) is 5. The van der Waals surface area contributed by atoms with Gasteiger partial charge in [-0.2, -0.15) is 0 Å². The van der Waals surface area contributed by atoms with Gasteiger partial charge >= 0.3 is 0 Å². The lowest BCUT2D eigenvalue weighted by Gasteiger charge is -2.47. The van der Waals surface area contributed by atoms with Crippen molar-refractivity contribution in [1.29, 1.82) is 0 Å². The van der Waals surface area contributed by atoms with Gasteiger partial charge in [0.1, 0.15) is 11.5 Å². The minimum Gasteiger partial charge on any atom is -0.508 e. The minimum absolute atomic E-state index is 0.0843. The third-order valence-electron chi connectivity index (χ3n) is 4.76. The Bertz CT molecular complexity index is 789. The summed E-state index contributed by atoms with van der Waals surface area (Å²) in [6.45, 7) is 3.40. The number of H-pyrrole nitrogens is 1. The lowest BCUT2D eigenvalue weighted by Crippen LogP contribution is -2.53. The number of aliphatic hydroxyl groups is 2. The van der Waals surface area contributed by atoms with E-state index < -0.39 is 24.0 Å². The monoisotopic (exact) mass is 320 g/mol. The van der Waals surface area contributed by atoms with Crippen molar-refractivity contribution < 1.29 is 20.4 Å². The predicted molar refractivity (Wildman–Crippen MR) is 82.8 cm³/mol. The number of aliphatic hydroxyl groups excluding tert-OH is 2.